The number of furan rings is 1. The van der Waals surface area contributed by atoms with E-state index in [1.807, 2.05) is 0 Å². The number of phenolic OH excluding ortho intramolecular Hbond substituents is 1. The number of halogens is 1. The summed E-state index contributed by atoms with van der Waals surface area (Å²) in [6.07, 6.45) is 3.52. The van der Waals surface area contributed by atoms with Crippen molar-refractivity contribution in [3.8, 4) is 34.2 Å². The van der Waals surface area contributed by atoms with Crippen molar-refractivity contribution >= 4 is 34.9 Å². The van der Waals surface area contributed by atoms with E-state index in [9.17, 15) is 20.0 Å². The average Bonchev–Trinajstić information content (AvgIpc) is 3.42. The topological polar surface area (TPSA) is 156 Å². The Balaban J connectivity index is 1.61. The van der Waals surface area contributed by atoms with E-state index < -0.39 is 11.4 Å². The molecule has 10 heteroatoms. The highest BCUT2D eigenvalue weighted by molar-refractivity contribution is 6.30. The fourth-order valence-electron chi connectivity index (χ4n) is 4.29. The maximum Gasteiger partial charge on any atom is 0.374 e. The van der Waals surface area contributed by atoms with Crippen LogP contribution in [0.5, 0.6) is 5.75 Å². The lowest BCUT2D eigenvalue weighted by molar-refractivity contribution is -0.347. The van der Waals surface area contributed by atoms with E-state index in [4.69, 9.17) is 21.8 Å². The van der Waals surface area contributed by atoms with Crippen LogP contribution in [0.1, 0.15) is 35.4 Å². The number of aromatic amines is 1. The van der Waals surface area contributed by atoms with Crippen molar-refractivity contribution in [2.75, 3.05) is 10.6 Å². The molecule has 0 unspecified atom stereocenters. The SMILES string of the molecule is N#Cc1c(-c2cccc(NC(=O)C3(N)CCC3)c2)cc(-c2ccc(Cl)cc2O)[nH+]c1NC(=O)c1ccco1. The second kappa shape index (κ2) is 10.0. The first-order valence-corrected chi connectivity index (χ1v) is 12.2. The minimum atomic E-state index is -0.877. The van der Waals surface area contributed by atoms with Gasteiger partial charge in [0, 0.05) is 16.3 Å². The predicted octanol–water partition coefficient (Wildman–Crippen LogP) is 4.73. The maximum absolute atomic E-state index is 12.8. The van der Waals surface area contributed by atoms with Crippen LogP contribution in [0, 0.1) is 11.3 Å². The zero-order valence-electron chi connectivity index (χ0n) is 20.0. The zero-order valence-corrected chi connectivity index (χ0v) is 20.8. The van der Waals surface area contributed by atoms with E-state index in [1.54, 1.807) is 48.5 Å². The molecule has 0 bridgehead atoms. The summed E-state index contributed by atoms with van der Waals surface area (Å²) >= 11 is 6.02. The number of anilines is 2. The van der Waals surface area contributed by atoms with Gasteiger partial charge < -0.3 is 20.6 Å². The Bertz CT molecular complexity index is 1590. The van der Waals surface area contributed by atoms with Crippen molar-refractivity contribution in [1.82, 2.24) is 0 Å². The van der Waals surface area contributed by atoms with E-state index in [2.05, 4.69) is 21.7 Å². The number of aromatic hydroxyl groups is 1. The molecule has 190 valence electrons. The van der Waals surface area contributed by atoms with E-state index in [1.165, 1.54) is 18.4 Å². The molecule has 5 rings (SSSR count). The smallest absolute Gasteiger partial charge is 0.374 e. The maximum atomic E-state index is 12.8. The molecular weight excluding hydrogens is 506 g/mol. The molecule has 0 spiro atoms. The number of hydrogen-bond donors (Lipinski definition) is 4. The fourth-order valence-corrected chi connectivity index (χ4v) is 4.45. The molecule has 0 radical (unpaired) electrons. The average molecular weight is 529 g/mol. The standard InChI is InChI=1S/C28H22ClN5O4/c29-17-7-8-19(23(35)13-17)22-14-20(21(15-30)25(33-22)34-26(36)24-6-2-11-38-24)16-4-1-5-18(12-16)32-27(37)28(31)9-3-10-28/h1-2,4-8,11-14,35H,3,9-10,31H2,(H,32,37)(H,33,34,36)/p+1. The number of rotatable bonds is 6. The molecule has 38 heavy (non-hydrogen) atoms. The number of nitrogens with one attached hydrogen (secondary N) is 3. The van der Waals surface area contributed by atoms with Crippen molar-refractivity contribution in [3.05, 3.63) is 83.3 Å². The van der Waals surface area contributed by atoms with Gasteiger partial charge in [0.2, 0.25) is 11.7 Å². The highest BCUT2D eigenvalue weighted by atomic mass is 35.5. The van der Waals surface area contributed by atoms with Gasteiger partial charge in [0.25, 0.3) is 5.82 Å². The summed E-state index contributed by atoms with van der Waals surface area (Å²) in [5.74, 6) is -0.773. The van der Waals surface area contributed by atoms with Crippen molar-refractivity contribution in [2.45, 2.75) is 24.8 Å². The van der Waals surface area contributed by atoms with Crippen LogP contribution in [0.4, 0.5) is 11.5 Å². The molecule has 0 aliphatic heterocycles. The number of carbonyl (C=O) groups is 2. The Morgan fingerprint density at radius 2 is 1.89 bits per heavy atom. The summed E-state index contributed by atoms with van der Waals surface area (Å²) in [7, 11) is 0. The predicted molar refractivity (Wildman–Crippen MR) is 141 cm³/mol. The number of carbonyl (C=O) groups excluding carboxylic acids is 2. The summed E-state index contributed by atoms with van der Waals surface area (Å²) in [5, 5.41) is 26.6. The fraction of sp³-hybridized carbons (Fsp3) is 0.143. The summed E-state index contributed by atoms with van der Waals surface area (Å²) in [6, 6.07) is 18.5. The number of amides is 2. The monoisotopic (exact) mass is 528 g/mol. The lowest BCUT2D eigenvalue weighted by Crippen LogP contribution is -2.56. The van der Waals surface area contributed by atoms with E-state index in [0.29, 0.717) is 45.9 Å². The van der Waals surface area contributed by atoms with Gasteiger partial charge in [-0.25, -0.2) is 15.1 Å². The third kappa shape index (κ3) is 4.83. The number of aromatic nitrogens is 1. The minimum Gasteiger partial charge on any atom is -0.507 e. The first-order chi connectivity index (χ1) is 18.3. The Morgan fingerprint density at radius 3 is 2.55 bits per heavy atom. The summed E-state index contributed by atoms with van der Waals surface area (Å²) in [5.41, 5.74) is 7.79. The van der Waals surface area contributed by atoms with Crippen molar-refractivity contribution in [3.63, 3.8) is 0 Å². The molecule has 9 nitrogen and oxygen atoms in total. The number of pyridine rings is 1. The van der Waals surface area contributed by atoms with Gasteiger partial charge in [0.1, 0.15) is 23.1 Å². The largest absolute Gasteiger partial charge is 0.507 e. The van der Waals surface area contributed by atoms with Gasteiger partial charge in [-0.2, -0.15) is 5.26 Å². The highest BCUT2D eigenvalue weighted by Crippen LogP contribution is 2.36. The van der Waals surface area contributed by atoms with Gasteiger partial charge >= 0.3 is 5.91 Å². The first kappa shape index (κ1) is 25.0. The van der Waals surface area contributed by atoms with E-state index in [-0.39, 0.29) is 28.8 Å². The van der Waals surface area contributed by atoms with Crippen molar-refractivity contribution in [1.29, 1.82) is 5.26 Å². The number of H-pyrrole nitrogens is 1. The molecule has 4 aromatic rings. The first-order valence-electron chi connectivity index (χ1n) is 11.8. The second-order valence-corrected chi connectivity index (χ2v) is 9.53. The summed E-state index contributed by atoms with van der Waals surface area (Å²) in [6.45, 7) is 0. The molecule has 1 aliphatic rings. The van der Waals surface area contributed by atoms with Gasteiger partial charge in [0.05, 0.1) is 17.4 Å². The lowest BCUT2D eigenvalue weighted by atomic mass is 9.77. The van der Waals surface area contributed by atoms with Crippen LogP contribution in [0.2, 0.25) is 5.02 Å². The quantitative estimate of drug-likeness (QED) is 0.283. The third-order valence-electron chi connectivity index (χ3n) is 6.54. The van der Waals surface area contributed by atoms with E-state index in [0.717, 1.165) is 6.42 Å². The molecule has 6 N–H and O–H groups in total. The molecule has 1 saturated carbocycles. The van der Waals surface area contributed by atoms with Crippen LogP contribution in [0.25, 0.3) is 22.4 Å². The van der Waals surface area contributed by atoms with Crippen LogP contribution in [-0.4, -0.2) is 22.5 Å². The Kier molecular flexibility index (Phi) is 6.59. The molecule has 2 aromatic heterocycles. The number of hydrogen-bond acceptors (Lipinski definition) is 6. The number of nitrogens with zero attached hydrogens (tertiary/aromatic N) is 1. The van der Waals surface area contributed by atoms with Crippen molar-refractivity contribution in [2.24, 2.45) is 5.73 Å². The molecule has 0 saturated heterocycles. The molecule has 1 aliphatic carbocycles. The number of phenols is 1. The Labute approximate surface area is 222 Å². The van der Waals surface area contributed by atoms with Gasteiger partial charge in [-0.1, -0.05) is 23.7 Å². The molecule has 2 heterocycles. The van der Waals surface area contributed by atoms with E-state index >= 15 is 0 Å². The van der Waals surface area contributed by atoms with Crippen molar-refractivity contribution < 1.29 is 24.1 Å². The normalized spacial score (nSPS) is 13.7. The van der Waals surface area contributed by atoms with Gasteiger partial charge in [-0.15, -0.1) is 0 Å². The second-order valence-electron chi connectivity index (χ2n) is 9.10. The Hall–Kier alpha value is -4.65. The van der Waals surface area contributed by atoms with Crippen LogP contribution in [0.15, 0.2) is 71.3 Å². The Morgan fingerprint density at radius 1 is 1.08 bits per heavy atom. The molecule has 2 aromatic carbocycles. The minimum absolute atomic E-state index is 0.0556. The summed E-state index contributed by atoms with van der Waals surface area (Å²) < 4.78 is 5.18. The van der Waals surface area contributed by atoms with Gasteiger partial charge in [-0.3, -0.25) is 4.79 Å². The number of nitrogens with two attached hydrogens (primary N) is 1. The third-order valence-corrected chi connectivity index (χ3v) is 6.78. The van der Waals surface area contributed by atoms with Crippen LogP contribution in [0.3, 0.4) is 0 Å². The number of nitriles is 1. The highest BCUT2D eigenvalue weighted by Gasteiger charge is 2.40. The van der Waals surface area contributed by atoms with Gasteiger partial charge in [-0.05, 0) is 73.4 Å². The van der Waals surface area contributed by atoms with Crippen LogP contribution >= 0.6 is 11.6 Å². The molecule has 0 atom stereocenters. The molecular formula is C28H23ClN5O4+. The number of benzene rings is 2. The molecule has 2 amide bonds. The van der Waals surface area contributed by atoms with Crippen LogP contribution < -0.4 is 21.4 Å². The molecule has 1 fully saturated rings. The summed E-state index contributed by atoms with van der Waals surface area (Å²) in [4.78, 5) is 28.5. The van der Waals surface area contributed by atoms with Gasteiger partial charge in [0.15, 0.2) is 0 Å². The lowest BCUT2D eigenvalue weighted by Gasteiger charge is -2.36. The van der Waals surface area contributed by atoms with Crippen LogP contribution in [-0.2, 0) is 4.79 Å². The zero-order chi connectivity index (χ0) is 26.9.